The summed E-state index contributed by atoms with van der Waals surface area (Å²) < 4.78 is 16.6. The van der Waals surface area contributed by atoms with Gasteiger partial charge in [-0.05, 0) is 77.0 Å². The molecular formula is C55H92O6. The van der Waals surface area contributed by atoms with Crippen LogP contribution in [0.2, 0.25) is 0 Å². The number of carbonyl (C=O) groups is 3. The zero-order valence-corrected chi connectivity index (χ0v) is 39.7. The first-order valence-corrected chi connectivity index (χ1v) is 25.1. The quantitative estimate of drug-likeness (QED) is 0.0263. The van der Waals surface area contributed by atoms with E-state index in [0.717, 1.165) is 109 Å². The first-order chi connectivity index (χ1) is 30.0. The molecule has 0 N–H and O–H groups in total. The first kappa shape index (κ1) is 57.6. The van der Waals surface area contributed by atoms with Gasteiger partial charge in [-0.2, -0.15) is 0 Å². The smallest absolute Gasteiger partial charge is 0.306 e. The zero-order chi connectivity index (χ0) is 44.4. The highest BCUT2D eigenvalue weighted by Gasteiger charge is 2.19. The summed E-state index contributed by atoms with van der Waals surface area (Å²) in [6, 6.07) is 0. The lowest BCUT2D eigenvalue weighted by Gasteiger charge is -2.18. The fraction of sp³-hybridized carbons (Fsp3) is 0.691. The average molecular weight is 849 g/mol. The summed E-state index contributed by atoms with van der Waals surface area (Å²) >= 11 is 0. The van der Waals surface area contributed by atoms with Gasteiger partial charge < -0.3 is 14.2 Å². The van der Waals surface area contributed by atoms with Crippen LogP contribution < -0.4 is 0 Å². The molecule has 1 unspecified atom stereocenters. The van der Waals surface area contributed by atoms with E-state index in [2.05, 4.69) is 106 Å². The standard InChI is InChI=1S/C55H92O6/c1-4-7-10-13-16-18-20-22-23-24-25-26-27-28-29-30-31-32-33-34-36-37-39-42-45-48-54(57)60-51-52(50-59-53(56)47-44-41-15-12-9-6-3)61-55(58)49-46-43-40-38-35-21-19-17-14-11-8-5-2/h7,10,16,18,22-23,25-26,28-29,31-32,34,36,52H,4-6,8-9,11-15,17,19-21,24,27,30,33,35,37-51H2,1-3H3/b10-7-,18-16-,23-22-,26-25-,29-28-,32-31-,36-34-. The molecule has 0 aliphatic carbocycles. The number of hydrogen-bond acceptors (Lipinski definition) is 6. The molecule has 0 saturated heterocycles. The molecule has 0 radical (unpaired) electrons. The van der Waals surface area contributed by atoms with Gasteiger partial charge in [0.15, 0.2) is 6.10 Å². The van der Waals surface area contributed by atoms with E-state index in [1.807, 2.05) is 0 Å². The summed E-state index contributed by atoms with van der Waals surface area (Å²) in [4.78, 5) is 37.6. The van der Waals surface area contributed by atoms with Crippen LogP contribution in [0.4, 0.5) is 0 Å². The average Bonchev–Trinajstić information content (AvgIpc) is 3.26. The van der Waals surface area contributed by atoms with Gasteiger partial charge in [0.1, 0.15) is 13.2 Å². The highest BCUT2D eigenvalue weighted by Crippen LogP contribution is 2.14. The van der Waals surface area contributed by atoms with E-state index in [1.54, 1.807) is 0 Å². The van der Waals surface area contributed by atoms with E-state index in [4.69, 9.17) is 14.2 Å². The van der Waals surface area contributed by atoms with Crippen molar-refractivity contribution in [3.8, 4) is 0 Å². The SMILES string of the molecule is CC/C=C\C/C=C\C/C=C\C/C=C\C/C=C\C/C=C\C/C=C\CCCCCC(=O)OCC(COC(=O)CCCCCCCC)OC(=O)CCCCCCCCCCCCCC. The number of carbonyl (C=O) groups excluding carboxylic acids is 3. The van der Waals surface area contributed by atoms with E-state index in [9.17, 15) is 14.4 Å². The summed E-state index contributed by atoms with van der Waals surface area (Å²) in [5.41, 5.74) is 0. The summed E-state index contributed by atoms with van der Waals surface area (Å²) in [6.45, 7) is 6.42. The van der Waals surface area contributed by atoms with Crippen molar-refractivity contribution in [3.63, 3.8) is 0 Å². The second kappa shape index (κ2) is 49.2. The molecule has 0 aliphatic rings. The molecule has 0 saturated carbocycles. The molecule has 0 fully saturated rings. The fourth-order valence-corrected chi connectivity index (χ4v) is 6.66. The maximum Gasteiger partial charge on any atom is 0.306 e. The normalized spacial score (nSPS) is 12.8. The Bertz CT molecular complexity index is 1200. The monoisotopic (exact) mass is 849 g/mol. The number of allylic oxidation sites excluding steroid dienone is 14. The lowest BCUT2D eigenvalue weighted by Crippen LogP contribution is -2.30. The lowest BCUT2D eigenvalue weighted by atomic mass is 10.0. The second-order valence-electron chi connectivity index (χ2n) is 16.4. The molecule has 6 nitrogen and oxygen atoms in total. The second-order valence-corrected chi connectivity index (χ2v) is 16.4. The first-order valence-electron chi connectivity index (χ1n) is 25.1. The van der Waals surface area contributed by atoms with Gasteiger partial charge in [0.2, 0.25) is 0 Å². The minimum atomic E-state index is -0.784. The molecule has 1 atom stereocenters. The maximum atomic E-state index is 12.7. The minimum absolute atomic E-state index is 0.0863. The van der Waals surface area contributed by atoms with E-state index in [0.29, 0.717) is 19.3 Å². The fourth-order valence-electron chi connectivity index (χ4n) is 6.66. The van der Waals surface area contributed by atoms with Crippen LogP contribution >= 0.6 is 0 Å². The number of hydrogen-bond donors (Lipinski definition) is 0. The summed E-state index contributed by atoms with van der Waals surface area (Å²) in [5, 5.41) is 0. The Balaban J connectivity index is 4.25. The molecule has 348 valence electrons. The molecule has 0 spiro atoms. The summed E-state index contributed by atoms with van der Waals surface area (Å²) in [5.74, 6) is -0.933. The van der Waals surface area contributed by atoms with Gasteiger partial charge in [-0.15, -0.1) is 0 Å². The largest absolute Gasteiger partial charge is 0.462 e. The Kier molecular flexibility index (Phi) is 46.5. The van der Waals surface area contributed by atoms with Crippen LogP contribution in [0.1, 0.15) is 226 Å². The van der Waals surface area contributed by atoms with Crippen molar-refractivity contribution < 1.29 is 28.6 Å². The Morgan fingerprint density at radius 3 is 1.00 bits per heavy atom. The predicted octanol–water partition coefficient (Wildman–Crippen LogP) is 16.4. The van der Waals surface area contributed by atoms with Gasteiger partial charge in [-0.1, -0.05) is 215 Å². The van der Waals surface area contributed by atoms with E-state index in [-0.39, 0.29) is 31.1 Å². The van der Waals surface area contributed by atoms with Crippen molar-refractivity contribution in [1.29, 1.82) is 0 Å². The van der Waals surface area contributed by atoms with Gasteiger partial charge in [-0.3, -0.25) is 14.4 Å². The zero-order valence-electron chi connectivity index (χ0n) is 39.7. The van der Waals surface area contributed by atoms with Crippen molar-refractivity contribution in [3.05, 3.63) is 85.1 Å². The van der Waals surface area contributed by atoms with Gasteiger partial charge >= 0.3 is 17.9 Å². The van der Waals surface area contributed by atoms with Crippen LogP contribution in [0, 0.1) is 0 Å². The molecular weight excluding hydrogens is 757 g/mol. The maximum absolute atomic E-state index is 12.7. The van der Waals surface area contributed by atoms with Gasteiger partial charge in [0, 0.05) is 19.3 Å². The summed E-state index contributed by atoms with van der Waals surface area (Å²) in [7, 11) is 0. The van der Waals surface area contributed by atoms with Gasteiger partial charge in [0.05, 0.1) is 0 Å². The predicted molar refractivity (Wildman–Crippen MR) is 261 cm³/mol. The molecule has 0 aromatic carbocycles. The minimum Gasteiger partial charge on any atom is -0.462 e. The molecule has 6 heteroatoms. The van der Waals surface area contributed by atoms with Crippen molar-refractivity contribution in [2.75, 3.05) is 13.2 Å². The van der Waals surface area contributed by atoms with Crippen LogP contribution in [0.15, 0.2) is 85.1 Å². The van der Waals surface area contributed by atoms with E-state index < -0.39 is 6.10 Å². The van der Waals surface area contributed by atoms with E-state index >= 15 is 0 Å². The lowest BCUT2D eigenvalue weighted by molar-refractivity contribution is -0.167. The van der Waals surface area contributed by atoms with Crippen molar-refractivity contribution in [1.82, 2.24) is 0 Å². The van der Waals surface area contributed by atoms with Crippen molar-refractivity contribution in [2.45, 2.75) is 232 Å². The Morgan fingerprint density at radius 2 is 0.639 bits per heavy atom. The number of ether oxygens (including phenoxy) is 3. The molecule has 61 heavy (non-hydrogen) atoms. The van der Waals surface area contributed by atoms with Gasteiger partial charge in [0.25, 0.3) is 0 Å². The van der Waals surface area contributed by atoms with Crippen molar-refractivity contribution >= 4 is 17.9 Å². The van der Waals surface area contributed by atoms with E-state index in [1.165, 1.54) is 77.0 Å². The Labute approximate surface area is 375 Å². The molecule has 0 aliphatic heterocycles. The van der Waals surface area contributed by atoms with Crippen LogP contribution in [0.25, 0.3) is 0 Å². The molecule has 0 aromatic heterocycles. The highest BCUT2D eigenvalue weighted by molar-refractivity contribution is 5.71. The molecule has 0 rings (SSSR count). The van der Waals surface area contributed by atoms with Crippen LogP contribution in [0.3, 0.4) is 0 Å². The number of unbranched alkanes of at least 4 members (excludes halogenated alkanes) is 19. The third kappa shape index (κ3) is 47.5. The summed E-state index contributed by atoms with van der Waals surface area (Å²) in [6.07, 6.45) is 63.1. The van der Waals surface area contributed by atoms with Gasteiger partial charge in [-0.25, -0.2) is 0 Å². The number of esters is 3. The Morgan fingerprint density at radius 1 is 0.344 bits per heavy atom. The molecule has 0 aromatic rings. The molecule has 0 amide bonds. The molecule has 0 bridgehead atoms. The Hall–Kier alpha value is -3.41. The number of rotatable bonds is 44. The third-order valence-electron chi connectivity index (χ3n) is 10.4. The third-order valence-corrected chi connectivity index (χ3v) is 10.4. The van der Waals surface area contributed by atoms with Crippen LogP contribution in [0.5, 0.6) is 0 Å². The molecule has 0 heterocycles. The van der Waals surface area contributed by atoms with Crippen LogP contribution in [-0.2, 0) is 28.6 Å². The van der Waals surface area contributed by atoms with Crippen molar-refractivity contribution in [2.24, 2.45) is 0 Å². The van der Waals surface area contributed by atoms with Crippen LogP contribution in [-0.4, -0.2) is 37.2 Å². The highest BCUT2D eigenvalue weighted by atomic mass is 16.6. The topological polar surface area (TPSA) is 78.9 Å².